The van der Waals surface area contributed by atoms with Crippen LogP contribution in [0, 0.1) is 5.41 Å². The number of aromatic nitrogens is 2. The number of hydrogen-bond donors (Lipinski definition) is 2. The van der Waals surface area contributed by atoms with Crippen molar-refractivity contribution in [2.75, 3.05) is 49.7 Å². The lowest BCUT2D eigenvalue weighted by molar-refractivity contribution is 0.0975. The van der Waals surface area contributed by atoms with Crippen molar-refractivity contribution in [3.8, 4) is 11.4 Å². The maximum atomic E-state index is 12.4. The Morgan fingerprint density at radius 3 is 2.62 bits per heavy atom. The van der Waals surface area contributed by atoms with Gasteiger partial charge in [0.05, 0.1) is 38.1 Å². The minimum absolute atomic E-state index is 0.183. The second-order valence-electron chi connectivity index (χ2n) is 11.4. The van der Waals surface area contributed by atoms with Crippen LogP contribution in [0.5, 0.6) is 0 Å². The number of morpholine rings is 1. The number of carbonyl (C=O) groups is 2. The van der Waals surface area contributed by atoms with Crippen LogP contribution < -0.4 is 15.5 Å². The van der Waals surface area contributed by atoms with E-state index in [9.17, 15) is 9.59 Å². The number of nitrogens with one attached hydrogen (secondary N) is 2. The van der Waals surface area contributed by atoms with E-state index in [1.165, 1.54) is 0 Å². The Morgan fingerprint density at radius 1 is 1.15 bits per heavy atom. The lowest BCUT2D eigenvalue weighted by Crippen LogP contribution is -2.46. The molecule has 2 aromatic rings. The largest absolute Gasteiger partial charge is 0.450 e. The normalized spacial score (nSPS) is 17.4. The molecule has 0 bridgehead atoms. The average molecular weight is 539 g/mol. The molecule has 0 radical (unpaired) electrons. The number of hydrogen-bond acceptors (Lipinski definition) is 7. The zero-order chi connectivity index (χ0) is 28.0. The number of carbonyl (C=O) groups excluding carboxylic acids is 2. The molecule has 2 aliphatic rings. The monoisotopic (exact) mass is 538 g/mol. The van der Waals surface area contributed by atoms with Crippen LogP contribution in [-0.2, 0) is 22.4 Å². The van der Waals surface area contributed by atoms with Crippen LogP contribution in [0.2, 0.25) is 0 Å². The molecule has 4 rings (SSSR count). The summed E-state index contributed by atoms with van der Waals surface area (Å²) in [6.07, 6.45) is 2.33. The van der Waals surface area contributed by atoms with E-state index in [1.54, 1.807) is 4.90 Å². The predicted octanol–water partition coefficient (Wildman–Crippen LogP) is 4.83. The Bertz CT molecular complexity index is 1150. The van der Waals surface area contributed by atoms with Crippen molar-refractivity contribution in [3.05, 3.63) is 35.5 Å². The topological polar surface area (TPSA) is 109 Å². The number of rotatable bonds is 7. The zero-order valence-corrected chi connectivity index (χ0v) is 23.9. The SMILES string of the molecule is CCOC(=O)N1CCc2c(nc(-c3ccc(NC(=O)NCCCC(C)(C)C)cc3)nc2N2CCOCC2C)C1. The summed E-state index contributed by atoms with van der Waals surface area (Å²) in [6.45, 7) is 14.5. The third-order valence-corrected chi connectivity index (χ3v) is 7.00. The molecule has 1 atom stereocenters. The third-order valence-electron chi connectivity index (χ3n) is 7.00. The Labute approximate surface area is 231 Å². The maximum absolute atomic E-state index is 12.4. The van der Waals surface area contributed by atoms with Gasteiger partial charge in [0.1, 0.15) is 5.82 Å². The highest BCUT2D eigenvalue weighted by Gasteiger charge is 2.30. The average Bonchev–Trinajstić information content (AvgIpc) is 2.90. The number of ether oxygens (including phenoxy) is 2. The van der Waals surface area contributed by atoms with Gasteiger partial charge in [0.25, 0.3) is 0 Å². The van der Waals surface area contributed by atoms with Crippen molar-refractivity contribution in [2.24, 2.45) is 5.41 Å². The molecule has 3 amide bonds. The standard InChI is InChI=1S/C29H42N6O4/c1-6-39-28(37)34-15-12-23-24(18-34)32-25(33-26(23)35-16-17-38-19-20(35)2)21-8-10-22(11-9-21)31-27(36)30-14-7-13-29(3,4)5/h8-11,20H,6-7,12-19H2,1-5H3,(H2,30,31,36). The van der Waals surface area contributed by atoms with Crippen LogP contribution in [0.15, 0.2) is 24.3 Å². The maximum Gasteiger partial charge on any atom is 0.410 e. The van der Waals surface area contributed by atoms with Crippen molar-refractivity contribution in [1.29, 1.82) is 0 Å². The summed E-state index contributed by atoms with van der Waals surface area (Å²) < 4.78 is 10.9. The van der Waals surface area contributed by atoms with E-state index in [2.05, 4.69) is 43.2 Å². The van der Waals surface area contributed by atoms with Gasteiger partial charge in [-0.2, -0.15) is 0 Å². The molecule has 0 spiro atoms. The van der Waals surface area contributed by atoms with Gasteiger partial charge in [-0.05, 0) is 62.8 Å². The van der Waals surface area contributed by atoms with Gasteiger partial charge in [0.2, 0.25) is 0 Å². The van der Waals surface area contributed by atoms with E-state index in [-0.39, 0.29) is 23.6 Å². The van der Waals surface area contributed by atoms with E-state index < -0.39 is 0 Å². The molecule has 1 aromatic heterocycles. The van der Waals surface area contributed by atoms with Crippen molar-refractivity contribution < 1.29 is 19.1 Å². The van der Waals surface area contributed by atoms with Gasteiger partial charge in [-0.3, -0.25) is 0 Å². The molecule has 1 unspecified atom stereocenters. The van der Waals surface area contributed by atoms with E-state index in [0.29, 0.717) is 57.4 Å². The Morgan fingerprint density at radius 2 is 1.92 bits per heavy atom. The number of fused-ring (bicyclic) bond motifs is 1. The smallest absolute Gasteiger partial charge is 0.410 e. The predicted molar refractivity (Wildman–Crippen MR) is 152 cm³/mol. The number of benzene rings is 1. The Hall–Kier alpha value is -3.40. The van der Waals surface area contributed by atoms with Gasteiger partial charge >= 0.3 is 12.1 Å². The first-order chi connectivity index (χ1) is 18.6. The summed E-state index contributed by atoms with van der Waals surface area (Å²) in [6, 6.07) is 7.50. The molecular weight excluding hydrogens is 496 g/mol. The zero-order valence-electron chi connectivity index (χ0n) is 23.9. The molecular formula is C29H42N6O4. The van der Waals surface area contributed by atoms with E-state index in [4.69, 9.17) is 19.4 Å². The summed E-state index contributed by atoms with van der Waals surface area (Å²) in [5.41, 5.74) is 3.70. The van der Waals surface area contributed by atoms with Crippen LogP contribution in [0.1, 0.15) is 58.7 Å². The quantitative estimate of drug-likeness (QED) is 0.486. The van der Waals surface area contributed by atoms with Crippen LogP contribution in [0.25, 0.3) is 11.4 Å². The summed E-state index contributed by atoms with van der Waals surface area (Å²) >= 11 is 0. The van der Waals surface area contributed by atoms with Crippen molar-refractivity contribution in [2.45, 2.75) is 66.5 Å². The van der Waals surface area contributed by atoms with E-state index >= 15 is 0 Å². The molecule has 39 heavy (non-hydrogen) atoms. The van der Waals surface area contributed by atoms with Gasteiger partial charge in [0, 0.05) is 36.4 Å². The molecule has 10 heteroatoms. The fourth-order valence-electron chi connectivity index (χ4n) is 4.89. The first-order valence-electron chi connectivity index (χ1n) is 14.0. The minimum Gasteiger partial charge on any atom is -0.450 e. The Kier molecular flexibility index (Phi) is 9.27. The molecule has 212 valence electrons. The second kappa shape index (κ2) is 12.6. The van der Waals surface area contributed by atoms with Gasteiger partial charge in [-0.15, -0.1) is 0 Å². The van der Waals surface area contributed by atoms with Gasteiger partial charge in [-0.1, -0.05) is 20.8 Å². The fourth-order valence-corrected chi connectivity index (χ4v) is 4.89. The molecule has 3 heterocycles. The van der Waals surface area contributed by atoms with Crippen molar-refractivity contribution in [3.63, 3.8) is 0 Å². The summed E-state index contributed by atoms with van der Waals surface area (Å²) in [5, 5.41) is 5.82. The van der Waals surface area contributed by atoms with Gasteiger partial charge in [0.15, 0.2) is 5.82 Å². The summed E-state index contributed by atoms with van der Waals surface area (Å²) in [7, 11) is 0. The molecule has 2 N–H and O–H groups in total. The third kappa shape index (κ3) is 7.59. The molecule has 1 aromatic carbocycles. The highest BCUT2D eigenvalue weighted by molar-refractivity contribution is 5.89. The highest BCUT2D eigenvalue weighted by atomic mass is 16.6. The molecule has 1 saturated heterocycles. The number of amides is 3. The second-order valence-corrected chi connectivity index (χ2v) is 11.4. The summed E-state index contributed by atoms with van der Waals surface area (Å²) in [5.74, 6) is 1.50. The van der Waals surface area contributed by atoms with Crippen LogP contribution >= 0.6 is 0 Å². The number of urea groups is 1. The minimum atomic E-state index is -0.322. The fraction of sp³-hybridized carbons (Fsp3) is 0.586. The van der Waals surface area contributed by atoms with Crippen molar-refractivity contribution >= 4 is 23.6 Å². The highest BCUT2D eigenvalue weighted by Crippen LogP contribution is 2.32. The van der Waals surface area contributed by atoms with E-state index in [0.717, 1.165) is 42.0 Å². The van der Waals surface area contributed by atoms with E-state index in [1.807, 2.05) is 31.2 Å². The first-order valence-corrected chi connectivity index (χ1v) is 14.0. The molecule has 0 aliphatic carbocycles. The molecule has 1 fully saturated rings. The Balaban J connectivity index is 1.52. The summed E-state index contributed by atoms with van der Waals surface area (Å²) in [4.78, 5) is 38.7. The van der Waals surface area contributed by atoms with Gasteiger partial charge in [-0.25, -0.2) is 19.6 Å². The molecule has 10 nitrogen and oxygen atoms in total. The van der Waals surface area contributed by atoms with Crippen LogP contribution in [0.3, 0.4) is 0 Å². The van der Waals surface area contributed by atoms with Crippen LogP contribution in [0.4, 0.5) is 21.1 Å². The first kappa shape index (κ1) is 28.6. The molecule has 2 aliphatic heterocycles. The van der Waals surface area contributed by atoms with Crippen molar-refractivity contribution in [1.82, 2.24) is 20.2 Å². The number of nitrogens with zero attached hydrogens (tertiary/aromatic N) is 4. The number of anilines is 2. The van der Waals surface area contributed by atoms with Gasteiger partial charge < -0.3 is 29.9 Å². The molecule has 0 saturated carbocycles. The van der Waals surface area contributed by atoms with Crippen LogP contribution in [-0.4, -0.2) is 72.5 Å². The lowest BCUT2D eigenvalue weighted by Gasteiger charge is -2.37. The lowest BCUT2D eigenvalue weighted by atomic mass is 9.91.